The standard InChI is InChI=1S/C23H38N2O3/c1-7-22(5)17-20(24-21(26)27-9-3)18(4)23(6,8-2)25(22)28-16-15-19-13-11-10-12-14-19/h10-14,18,20H,7-9,15-17H2,1-6H3,(H,24,26). The van der Waals surface area contributed by atoms with Crippen molar-refractivity contribution in [1.29, 1.82) is 0 Å². The minimum Gasteiger partial charge on any atom is -0.450 e. The fraction of sp³-hybridized carbons (Fsp3) is 0.696. The summed E-state index contributed by atoms with van der Waals surface area (Å²) in [4.78, 5) is 18.5. The molecule has 0 spiro atoms. The Morgan fingerprint density at radius 3 is 2.43 bits per heavy atom. The zero-order valence-electron chi connectivity index (χ0n) is 18.5. The molecule has 5 nitrogen and oxygen atoms in total. The lowest BCUT2D eigenvalue weighted by molar-refractivity contribution is -0.306. The van der Waals surface area contributed by atoms with Crippen molar-refractivity contribution in [1.82, 2.24) is 10.4 Å². The second kappa shape index (κ2) is 9.75. The van der Waals surface area contributed by atoms with Crippen molar-refractivity contribution >= 4 is 6.09 Å². The van der Waals surface area contributed by atoms with Gasteiger partial charge in [-0.05, 0) is 57.9 Å². The lowest BCUT2D eigenvalue weighted by Gasteiger charge is -2.59. The van der Waals surface area contributed by atoms with Crippen LogP contribution in [-0.2, 0) is 16.0 Å². The average molecular weight is 391 g/mol. The smallest absolute Gasteiger partial charge is 0.407 e. The van der Waals surface area contributed by atoms with Crippen LogP contribution in [0.2, 0.25) is 0 Å². The van der Waals surface area contributed by atoms with Gasteiger partial charge in [-0.25, -0.2) is 4.79 Å². The molecule has 1 N–H and O–H groups in total. The second-order valence-corrected chi connectivity index (χ2v) is 8.39. The SMILES string of the molecule is CCOC(=O)NC1CC(C)(CC)N(OCCc2ccccc2)C(C)(CC)C1C. The third kappa shape index (κ3) is 4.87. The van der Waals surface area contributed by atoms with E-state index in [2.05, 4.69) is 69.3 Å². The molecule has 4 unspecified atom stereocenters. The Hall–Kier alpha value is -1.59. The molecule has 1 fully saturated rings. The fourth-order valence-corrected chi connectivity index (χ4v) is 4.42. The molecule has 28 heavy (non-hydrogen) atoms. The number of hydrogen-bond acceptors (Lipinski definition) is 4. The molecule has 0 saturated carbocycles. The van der Waals surface area contributed by atoms with Crippen LogP contribution in [0, 0.1) is 5.92 Å². The van der Waals surface area contributed by atoms with E-state index in [1.165, 1.54) is 5.56 Å². The highest BCUT2D eigenvalue weighted by atomic mass is 16.7. The number of rotatable bonds is 8. The summed E-state index contributed by atoms with van der Waals surface area (Å²) in [7, 11) is 0. The Bertz CT molecular complexity index is 624. The molecule has 158 valence electrons. The van der Waals surface area contributed by atoms with Gasteiger partial charge in [0.25, 0.3) is 0 Å². The number of alkyl carbamates (subject to hydrolysis) is 1. The van der Waals surface area contributed by atoms with Crippen LogP contribution in [0.5, 0.6) is 0 Å². The Kier molecular flexibility index (Phi) is 7.90. The minimum absolute atomic E-state index is 0.0583. The maximum atomic E-state index is 12.1. The summed E-state index contributed by atoms with van der Waals surface area (Å²) in [5.74, 6) is 0.234. The number of ether oxygens (including phenoxy) is 1. The molecule has 1 aliphatic rings. The van der Waals surface area contributed by atoms with E-state index in [1.54, 1.807) is 0 Å². The number of hydrogen-bond donors (Lipinski definition) is 1. The number of carbonyl (C=O) groups excluding carboxylic acids is 1. The summed E-state index contributed by atoms with van der Waals surface area (Å²) in [6, 6.07) is 10.5. The Labute approximate surface area is 170 Å². The first-order chi connectivity index (χ1) is 13.3. The van der Waals surface area contributed by atoms with Gasteiger partial charge in [-0.1, -0.05) is 51.1 Å². The molecule has 0 aliphatic carbocycles. The topological polar surface area (TPSA) is 50.8 Å². The molecule has 0 bridgehead atoms. The van der Waals surface area contributed by atoms with Gasteiger partial charge in [0, 0.05) is 17.1 Å². The Morgan fingerprint density at radius 2 is 1.86 bits per heavy atom. The number of piperidine rings is 1. The fourth-order valence-electron chi connectivity index (χ4n) is 4.42. The Balaban J connectivity index is 2.17. The lowest BCUT2D eigenvalue weighted by Crippen LogP contribution is -2.70. The van der Waals surface area contributed by atoms with Gasteiger partial charge in [0.2, 0.25) is 0 Å². The lowest BCUT2D eigenvalue weighted by atomic mass is 9.68. The van der Waals surface area contributed by atoms with Crippen molar-refractivity contribution in [2.45, 2.75) is 84.3 Å². The van der Waals surface area contributed by atoms with Crippen molar-refractivity contribution in [2.75, 3.05) is 13.2 Å². The molecule has 1 amide bonds. The molecule has 1 aromatic rings. The predicted octanol–water partition coefficient (Wildman–Crippen LogP) is 4.95. The van der Waals surface area contributed by atoms with Gasteiger partial charge in [0.05, 0.1) is 13.2 Å². The normalized spacial score (nSPS) is 30.8. The monoisotopic (exact) mass is 390 g/mol. The first kappa shape index (κ1) is 22.7. The molecule has 0 radical (unpaired) electrons. The van der Waals surface area contributed by atoms with E-state index < -0.39 is 0 Å². The minimum atomic E-state index is -0.324. The molecule has 2 rings (SSSR count). The van der Waals surface area contributed by atoms with Crippen molar-refractivity contribution in [3.63, 3.8) is 0 Å². The molecular formula is C23H38N2O3. The second-order valence-electron chi connectivity index (χ2n) is 8.39. The van der Waals surface area contributed by atoms with Crippen molar-refractivity contribution < 1.29 is 14.4 Å². The van der Waals surface area contributed by atoms with Crippen LogP contribution in [0.4, 0.5) is 4.79 Å². The van der Waals surface area contributed by atoms with E-state index in [0.29, 0.717) is 13.2 Å². The summed E-state index contributed by atoms with van der Waals surface area (Å²) >= 11 is 0. The molecule has 0 aromatic heterocycles. The van der Waals surface area contributed by atoms with Crippen LogP contribution in [0.15, 0.2) is 30.3 Å². The zero-order chi connectivity index (χ0) is 20.8. The molecule has 5 heteroatoms. The molecule has 1 saturated heterocycles. The van der Waals surface area contributed by atoms with E-state index >= 15 is 0 Å². The maximum absolute atomic E-state index is 12.1. The average Bonchev–Trinajstić information content (AvgIpc) is 2.69. The van der Waals surface area contributed by atoms with Gasteiger partial charge in [-0.3, -0.25) is 4.84 Å². The van der Waals surface area contributed by atoms with E-state index in [-0.39, 0.29) is 29.1 Å². The van der Waals surface area contributed by atoms with Crippen LogP contribution in [0.25, 0.3) is 0 Å². The number of carbonyl (C=O) groups is 1. The molecular weight excluding hydrogens is 352 g/mol. The number of benzene rings is 1. The number of nitrogens with zero attached hydrogens (tertiary/aromatic N) is 1. The van der Waals surface area contributed by atoms with Crippen LogP contribution in [0.3, 0.4) is 0 Å². The van der Waals surface area contributed by atoms with Crippen molar-refractivity contribution in [3.8, 4) is 0 Å². The first-order valence-electron chi connectivity index (χ1n) is 10.7. The van der Waals surface area contributed by atoms with E-state index in [1.807, 2.05) is 13.0 Å². The number of nitrogens with one attached hydrogen (secondary N) is 1. The predicted molar refractivity (Wildman–Crippen MR) is 113 cm³/mol. The molecule has 1 aromatic carbocycles. The summed E-state index contributed by atoms with van der Waals surface area (Å²) in [6.45, 7) is 14.0. The van der Waals surface area contributed by atoms with Crippen molar-refractivity contribution in [3.05, 3.63) is 35.9 Å². The number of amides is 1. The van der Waals surface area contributed by atoms with Crippen LogP contribution in [0.1, 0.15) is 66.4 Å². The molecule has 1 heterocycles. The van der Waals surface area contributed by atoms with Crippen molar-refractivity contribution in [2.24, 2.45) is 5.92 Å². The summed E-state index contributed by atoms with van der Waals surface area (Å²) in [6.07, 6.45) is 3.28. The summed E-state index contributed by atoms with van der Waals surface area (Å²) in [5, 5.41) is 5.35. The van der Waals surface area contributed by atoms with Gasteiger partial charge in [-0.2, -0.15) is 5.06 Å². The quantitative estimate of drug-likeness (QED) is 0.682. The van der Waals surface area contributed by atoms with E-state index in [4.69, 9.17) is 9.57 Å². The number of hydroxylamine groups is 2. The molecule has 4 atom stereocenters. The molecule has 1 aliphatic heterocycles. The third-order valence-electron chi connectivity index (χ3n) is 6.71. The summed E-state index contributed by atoms with van der Waals surface area (Å²) < 4.78 is 5.14. The largest absolute Gasteiger partial charge is 0.450 e. The zero-order valence-corrected chi connectivity index (χ0v) is 18.5. The first-order valence-corrected chi connectivity index (χ1v) is 10.7. The maximum Gasteiger partial charge on any atom is 0.407 e. The third-order valence-corrected chi connectivity index (χ3v) is 6.71. The van der Waals surface area contributed by atoms with Gasteiger partial charge < -0.3 is 10.1 Å². The summed E-state index contributed by atoms with van der Waals surface area (Å²) in [5.41, 5.74) is 0.952. The van der Waals surface area contributed by atoms with Gasteiger partial charge in [-0.15, -0.1) is 0 Å². The highest BCUT2D eigenvalue weighted by Crippen LogP contribution is 2.45. The van der Waals surface area contributed by atoms with Crippen LogP contribution in [-0.4, -0.2) is 41.5 Å². The van der Waals surface area contributed by atoms with E-state index in [9.17, 15) is 4.79 Å². The van der Waals surface area contributed by atoms with Crippen LogP contribution < -0.4 is 5.32 Å². The Morgan fingerprint density at radius 1 is 1.18 bits per heavy atom. The highest BCUT2D eigenvalue weighted by Gasteiger charge is 2.54. The van der Waals surface area contributed by atoms with Gasteiger partial charge in [0.1, 0.15) is 0 Å². The van der Waals surface area contributed by atoms with Gasteiger partial charge >= 0.3 is 6.09 Å². The van der Waals surface area contributed by atoms with Crippen LogP contribution >= 0.6 is 0 Å². The highest BCUT2D eigenvalue weighted by molar-refractivity contribution is 5.67. The van der Waals surface area contributed by atoms with Gasteiger partial charge in [0.15, 0.2) is 0 Å². The van der Waals surface area contributed by atoms with E-state index in [0.717, 1.165) is 25.7 Å².